The highest BCUT2D eigenvalue weighted by Crippen LogP contribution is 2.25. The van der Waals surface area contributed by atoms with Gasteiger partial charge in [0.05, 0.1) is 9.79 Å². The summed E-state index contributed by atoms with van der Waals surface area (Å²) in [5.41, 5.74) is 3.05. The molecule has 0 aromatic heterocycles. The Morgan fingerprint density at radius 1 is 0.792 bits per heavy atom. The average molecular weight is 385 g/mol. The van der Waals surface area contributed by atoms with Crippen molar-refractivity contribution in [3.8, 4) is 0 Å². The molecule has 0 heterocycles. The van der Waals surface area contributed by atoms with Gasteiger partial charge in [0.15, 0.2) is 0 Å². The lowest BCUT2D eigenvalue weighted by Crippen LogP contribution is -2.05. The van der Waals surface area contributed by atoms with Gasteiger partial charge in [-0.3, -0.25) is 0 Å². The molecule has 130 valence electrons. The quantitative estimate of drug-likeness (QED) is 0.588. The third kappa shape index (κ3) is 4.98. The maximum absolute atomic E-state index is 12.9. The molecule has 0 atom stereocenters. The first-order chi connectivity index (χ1) is 11.5. The summed E-state index contributed by atoms with van der Waals surface area (Å²) in [5, 5.41) is 0. The third-order valence-corrected chi connectivity index (χ3v) is 6.15. The van der Waals surface area contributed by atoms with Gasteiger partial charge in [-0.25, -0.2) is 8.42 Å². The van der Waals surface area contributed by atoms with Crippen LogP contribution in [-0.2, 0) is 22.7 Å². The fourth-order valence-electron chi connectivity index (χ4n) is 2.57. The molecule has 0 bridgehead atoms. The van der Waals surface area contributed by atoms with E-state index in [1.54, 1.807) is 24.3 Å². The van der Waals surface area contributed by atoms with Crippen molar-refractivity contribution < 1.29 is 8.42 Å². The van der Waals surface area contributed by atoms with E-state index < -0.39 is 9.84 Å². The summed E-state index contributed by atoms with van der Waals surface area (Å²) in [5.74, 6) is 1.12. The summed E-state index contributed by atoms with van der Waals surface area (Å²) in [6, 6.07) is 12.6. The standard InChI is InChI=1S/C19H22Cl2O2S/c1-15-6-8-18(9-7-15)24(22,23)19-13-16(4-2-10-20)12-17(14-19)5-3-11-21/h6-9,12-14H,2-5,10-11H2,1H3. The highest BCUT2D eigenvalue weighted by atomic mass is 35.5. The summed E-state index contributed by atoms with van der Waals surface area (Å²) >= 11 is 11.6. The smallest absolute Gasteiger partial charge is 0.206 e. The minimum atomic E-state index is -3.52. The zero-order chi connectivity index (χ0) is 17.6. The van der Waals surface area contributed by atoms with Crippen molar-refractivity contribution in [3.05, 3.63) is 59.2 Å². The molecule has 2 aromatic rings. The largest absolute Gasteiger partial charge is 0.219 e. The van der Waals surface area contributed by atoms with E-state index in [1.165, 1.54) is 0 Å². The van der Waals surface area contributed by atoms with Gasteiger partial charge in [-0.1, -0.05) is 23.8 Å². The predicted octanol–water partition coefficient (Wildman–Crippen LogP) is 5.17. The Morgan fingerprint density at radius 3 is 1.75 bits per heavy atom. The highest BCUT2D eigenvalue weighted by molar-refractivity contribution is 7.91. The molecule has 0 fully saturated rings. The van der Waals surface area contributed by atoms with Crippen LogP contribution >= 0.6 is 23.2 Å². The molecule has 0 amide bonds. The van der Waals surface area contributed by atoms with E-state index >= 15 is 0 Å². The summed E-state index contributed by atoms with van der Waals surface area (Å²) < 4.78 is 25.9. The van der Waals surface area contributed by atoms with E-state index in [0.717, 1.165) is 42.4 Å². The predicted molar refractivity (Wildman–Crippen MR) is 101 cm³/mol. The fraction of sp³-hybridized carbons (Fsp3) is 0.368. The minimum absolute atomic E-state index is 0.325. The maximum atomic E-state index is 12.9. The molecule has 0 saturated carbocycles. The van der Waals surface area contributed by atoms with Crippen LogP contribution in [0, 0.1) is 6.92 Å². The van der Waals surface area contributed by atoms with E-state index in [4.69, 9.17) is 23.2 Å². The van der Waals surface area contributed by atoms with Gasteiger partial charge in [-0.2, -0.15) is 0 Å². The SMILES string of the molecule is Cc1ccc(S(=O)(=O)c2cc(CCCCl)cc(CCCCl)c2)cc1. The van der Waals surface area contributed by atoms with Gasteiger partial charge in [0.25, 0.3) is 0 Å². The van der Waals surface area contributed by atoms with E-state index in [0.29, 0.717) is 21.6 Å². The van der Waals surface area contributed by atoms with Crippen LogP contribution in [0.2, 0.25) is 0 Å². The Hall–Kier alpha value is -1.03. The molecule has 0 aliphatic rings. The first kappa shape index (κ1) is 19.3. The Labute approximate surface area is 154 Å². The van der Waals surface area contributed by atoms with Crippen LogP contribution in [-0.4, -0.2) is 20.2 Å². The summed E-state index contributed by atoms with van der Waals surface area (Å²) in [4.78, 5) is 0.675. The van der Waals surface area contributed by atoms with Gasteiger partial charge in [-0.05, 0) is 68.0 Å². The molecule has 2 aromatic carbocycles. The maximum Gasteiger partial charge on any atom is 0.206 e. The van der Waals surface area contributed by atoms with Crippen LogP contribution in [0.5, 0.6) is 0 Å². The first-order valence-electron chi connectivity index (χ1n) is 8.04. The number of aryl methyl sites for hydroxylation is 3. The number of rotatable bonds is 8. The normalized spacial score (nSPS) is 11.6. The number of halogens is 2. The first-order valence-corrected chi connectivity index (χ1v) is 10.6. The van der Waals surface area contributed by atoms with Crippen molar-refractivity contribution in [1.82, 2.24) is 0 Å². The van der Waals surface area contributed by atoms with Gasteiger partial charge in [-0.15, -0.1) is 23.2 Å². The molecule has 2 rings (SSSR count). The average Bonchev–Trinajstić information content (AvgIpc) is 2.58. The number of hydrogen-bond donors (Lipinski definition) is 0. The topological polar surface area (TPSA) is 34.1 Å². The molecule has 5 heteroatoms. The number of alkyl halides is 2. The molecule has 0 unspecified atom stereocenters. The van der Waals surface area contributed by atoms with Crippen molar-refractivity contribution in [1.29, 1.82) is 0 Å². The number of benzene rings is 2. The molecule has 0 spiro atoms. The molecule has 0 aliphatic carbocycles. The van der Waals surface area contributed by atoms with Gasteiger partial charge >= 0.3 is 0 Å². The molecule has 0 N–H and O–H groups in total. The summed E-state index contributed by atoms with van der Waals surface area (Å²) in [6.45, 7) is 1.94. The molecular formula is C19H22Cl2O2S. The van der Waals surface area contributed by atoms with Crippen LogP contribution in [0.15, 0.2) is 52.3 Å². The Bertz CT molecular complexity index is 742. The second-order valence-corrected chi connectivity index (χ2v) is 8.59. The Balaban J connectivity index is 2.44. The Kier molecular flexibility index (Phi) is 7.15. The lowest BCUT2D eigenvalue weighted by atomic mass is 10.0. The number of hydrogen-bond acceptors (Lipinski definition) is 2. The molecule has 0 aliphatic heterocycles. The van der Waals surface area contributed by atoms with Gasteiger partial charge in [0, 0.05) is 11.8 Å². The summed E-state index contributed by atoms with van der Waals surface area (Å²) in [6.07, 6.45) is 3.19. The zero-order valence-electron chi connectivity index (χ0n) is 13.8. The lowest BCUT2D eigenvalue weighted by molar-refractivity contribution is 0.595. The van der Waals surface area contributed by atoms with E-state index in [9.17, 15) is 8.42 Å². The third-order valence-electron chi connectivity index (χ3n) is 3.87. The molecule has 24 heavy (non-hydrogen) atoms. The van der Waals surface area contributed by atoms with Crippen molar-refractivity contribution in [2.75, 3.05) is 11.8 Å². The van der Waals surface area contributed by atoms with E-state index in [1.807, 2.05) is 19.1 Å². The molecule has 2 nitrogen and oxygen atoms in total. The number of sulfone groups is 1. The van der Waals surface area contributed by atoms with Crippen LogP contribution in [0.4, 0.5) is 0 Å². The van der Waals surface area contributed by atoms with Gasteiger partial charge in [0.2, 0.25) is 9.84 Å². The molecule has 0 saturated heterocycles. The second-order valence-electron chi connectivity index (χ2n) is 5.89. The second kappa shape index (κ2) is 8.89. The van der Waals surface area contributed by atoms with E-state index in [-0.39, 0.29) is 0 Å². The van der Waals surface area contributed by atoms with Crippen LogP contribution in [0.25, 0.3) is 0 Å². The van der Waals surface area contributed by atoms with Crippen molar-refractivity contribution in [2.24, 2.45) is 0 Å². The fourth-order valence-corrected chi connectivity index (χ4v) is 4.21. The van der Waals surface area contributed by atoms with Gasteiger partial charge in [0.1, 0.15) is 0 Å². The van der Waals surface area contributed by atoms with Crippen molar-refractivity contribution in [3.63, 3.8) is 0 Å². The zero-order valence-corrected chi connectivity index (χ0v) is 16.1. The van der Waals surface area contributed by atoms with E-state index in [2.05, 4.69) is 6.07 Å². The van der Waals surface area contributed by atoms with Crippen molar-refractivity contribution in [2.45, 2.75) is 42.4 Å². The summed E-state index contributed by atoms with van der Waals surface area (Å²) in [7, 11) is -3.52. The van der Waals surface area contributed by atoms with Crippen molar-refractivity contribution >= 4 is 33.0 Å². The minimum Gasteiger partial charge on any atom is -0.219 e. The molecule has 0 radical (unpaired) electrons. The van der Waals surface area contributed by atoms with Crippen LogP contribution in [0.3, 0.4) is 0 Å². The Morgan fingerprint density at radius 2 is 1.29 bits per heavy atom. The monoisotopic (exact) mass is 384 g/mol. The molecular weight excluding hydrogens is 363 g/mol. The highest BCUT2D eigenvalue weighted by Gasteiger charge is 2.19. The van der Waals surface area contributed by atoms with Crippen LogP contribution in [0.1, 0.15) is 29.5 Å². The van der Waals surface area contributed by atoms with Crippen LogP contribution < -0.4 is 0 Å². The lowest BCUT2D eigenvalue weighted by Gasteiger charge is -2.11. The van der Waals surface area contributed by atoms with Gasteiger partial charge < -0.3 is 0 Å².